The van der Waals surface area contributed by atoms with Gasteiger partial charge in [0.05, 0.1) is 6.04 Å². The number of nitrogens with zero attached hydrogens (tertiary/aromatic N) is 2. The van der Waals surface area contributed by atoms with Crippen LogP contribution in [0.1, 0.15) is 29.8 Å². The number of thiophene rings is 1. The number of amides is 1. The molecule has 1 amide bonds. The van der Waals surface area contributed by atoms with Crippen molar-refractivity contribution in [1.29, 1.82) is 0 Å². The first-order chi connectivity index (χ1) is 10.7. The van der Waals surface area contributed by atoms with Crippen molar-refractivity contribution in [2.24, 2.45) is 0 Å². The highest BCUT2D eigenvalue weighted by atomic mass is 32.1. The van der Waals surface area contributed by atoms with Crippen molar-refractivity contribution in [3.63, 3.8) is 0 Å². The van der Waals surface area contributed by atoms with E-state index in [1.807, 2.05) is 11.1 Å². The molecule has 1 aliphatic heterocycles. The SMILES string of the molecule is CC(=O)N1CCNCC1c1ccc(CCc2ccsc2)nc1. The highest BCUT2D eigenvalue weighted by Gasteiger charge is 2.25. The van der Waals surface area contributed by atoms with E-state index in [-0.39, 0.29) is 11.9 Å². The van der Waals surface area contributed by atoms with Crippen molar-refractivity contribution in [2.75, 3.05) is 19.6 Å². The van der Waals surface area contributed by atoms with E-state index in [0.29, 0.717) is 0 Å². The van der Waals surface area contributed by atoms with Crippen molar-refractivity contribution in [3.05, 3.63) is 52.0 Å². The Kier molecular flexibility index (Phi) is 4.85. The predicted molar refractivity (Wildman–Crippen MR) is 89.0 cm³/mol. The molecule has 4 nitrogen and oxygen atoms in total. The summed E-state index contributed by atoms with van der Waals surface area (Å²) in [6, 6.07) is 6.47. The minimum atomic E-state index is 0.102. The van der Waals surface area contributed by atoms with Gasteiger partial charge in [-0.15, -0.1) is 0 Å². The van der Waals surface area contributed by atoms with Crippen LogP contribution in [-0.4, -0.2) is 35.4 Å². The Morgan fingerprint density at radius 3 is 3.00 bits per heavy atom. The zero-order valence-electron chi connectivity index (χ0n) is 12.8. The first-order valence-electron chi connectivity index (χ1n) is 7.68. The lowest BCUT2D eigenvalue weighted by Gasteiger charge is -2.35. The number of carbonyl (C=O) groups is 1. The minimum absolute atomic E-state index is 0.102. The zero-order valence-corrected chi connectivity index (χ0v) is 13.6. The Labute approximate surface area is 135 Å². The molecule has 1 aliphatic rings. The molecule has 0 bridgehead atoms. The van der Waals surface area contributed by atoms with Crippen molar-refractivity contribution in [3.8, 4) is 0 Å². The molecule has 0 saturated carbocycles. The fraction of sp³-hybridized carbons (Fsp3) is 0.412. The van der Waals surface area contributed by atoms with Crippen molar-refractivity contribution >= 4 is 17.2 Å². The van der Waals surface area contributed by atoms with Gasteiger partial charge in [-0.3, -0.25) is 9.78 Å². The van der Waals surface area contributed by atoms with Gasteiger partial charge in [-0.2, -0.15) is 11.3 Å². The second-order valence-corrected chi connectivity index (χ2v) is 6.43. The summed E-state index contributed by atoms with van der Waals surface area (Å²) in [6.07, 6.45) is 3.91. The van der Waals surface area contributed by atoms with Crippen LogP contribution in [0.3, 0.4) is 0 Å². The molecule has 116 valence electrons. The van der Waals surface area contributed by atoms with Crippen LogP contribution >= 0.6 is 11.3 Å². The monoisotopic (exact) mass is 315 g/mol. The lowest BCUT2D eigenvalue weighted by molar-refractivity contribution is -0.132. The second kappa shape index (κ2) is 7.03. The van der Waals surface area contributed by atoms with Crippen molar-refractivity contribution < 1.29 is 4.79 Å². The number of carbonyl (C=O) groups excluding carboxylic acids is 1. The summed E-state index contributed by atoms with van der Waals surface area (Å²) in [7, 11) is 0. The Bertz CT molecular complexity index is 609. The van der Waals surface area contributed by atoms with Gasteiger partial charge in [0.25, 0.3) is 0 Å². The molecule has 0 aliphatic carbocycles. The third kappa shape index (κ3) is 3.54. The molecule has 0 aromatic carbocycles. The van der Waals surface area contributed by atoms with Crippen LogP contribution in [0.25, 0.3) is 0 Å². The Morgan fingerprint density at radius 2 is 2.32 bits per heavy atom. The van der Waals surface area contributed by atoms with Gasteiger partial charge < -0.3 is 10.2 Å². The third-order valence-corrected chi connectivity index (χ3v) is 4.86. The van der Waals surface area contributed by atoms with E-state index in [9.17, 15) is 4.79 Å². The molecule has 3 rings (SSSR count). The largest absolute Gasteiger partial charge is 0.333 e. The third-order valence-electron chi connectivity index (χ3n) is 4.13. The van der Waals surface area contributed by atoms with Gasteiger partial charge >= 0.3 is 0 Å². The van der Waals surface area contributed by atoms with Crippen LogP contribution in [0.2, 0.25) is 0 Å². The van der Waals surface area contributed by atoms with Gasteiger partial charge in [0.2, 0.25) is 5.91 Å². The zero-order chi connectivity index (χ0) is 15.4. The summed E-state index contributed by atoms with van der Waals surface area (Å²) in [4.78, 5) is 18.3. The summed E-state index contributed by atoms with van der Waals surface area (Å²) in [5.41, 5.74) is 3.59. The van der Waals surface area contributed by atoms with E-state index < -0.39 is 0 Å². The van der Waals surface area contributed by atoms with E-state index in [4.69, 9.17) is 0 Å². The van der Waals surface area contributed by atoms with E-state index in [2.05, 4.69) is 39.3 Å². The van der Waals surface area contributed by atoms with Crippen LogP contribution in [0.15, 0.2) is 35.2 Å². The molecule has 1 unspecified atom stereocenters. The van der Waals surface area contributed by atoms with Crippen LogP contribution in [0.4, 0.5) is 0 Å². The topological polar surface area (TPSA) is 45.2 Å². The van der Waals surface area contributed by atoms with Crippen LogP contribution in [-0.2, 0) is 17.6 Å². The van der Waals surface area contributed by atoms with Crippen LogP contribution in [0, 0.1) is 0 Å². The molecular weight excluding hydrogens is 294 g/mol. The number of hydrogen-bond acceptors (Lipinski definition) is 4. The maximum atomic E-state index is 11.8. The van der Waals surface area contributed by atoms with E-state index in [1.54, 1.807) is 18.3 Å². The van der Waals surface area contributed by atoms with Crippen molar-refractivity contribution in [2.45, 2.75) is 25.8 Å². The standard InChI is InChI=1S/C17H21N3OS/c1-13(21)20-8-7-18-11-17(20)15-3-5-16(19-10-15)4-2-14-6-9-22-12-14/h3,5-6,9-10,12,17-18H,2,4,7-8,11H2,1H3. The number of aromatic nitrogens is 1. The van der Waals surface area contributed by atoms with Crippen LogP contribution < -0.4 is 5.32 Å². The fourth-order valence-corrected chi connectivity index (χ4v) is 3.57. The first kappa shape index (κ1) is 15.2. The molecule has 5 heteroatoms. The normalized spacial score (nSPS) is 18.4. The number of aryl methyl sites for hydroxylation is 2. The molecular formula is C17H21N3OS. The molecule has 2 aromatic rings. The molecule has 1 fully saturated rings. The van der Waals surface area contributed by atoms with Gasteiger partial charge in [-0.25, -0.2) is 0 Å². The summed E-state index contributed by atoms with van der Waals surface area (Å²) >= 11 is 1.73. The van der Waals surface area contributed by atoms with E-state index in [0.717, 1.165) is 43.7 Å². The van der Waals surface area contributed by atoms with E-state index >= 15 is 0 Å². The molecule has 1 saturated heterocycles. The molecule has 0 spiro atoms. The average molecular weight is 315 g/mol. The summed E-state index contributed by atoms with van der Waals surface area (Å²) < 4.78 is 0. The highest BCUT2D eigenvalue weighted by molar-refractivity contribution is 7.07. The molecule has 22 heavy (non-hydrogen) atoms. The molecule has 0 radical (unpaired) electrons. The second-order valence-electron chi connectivity index (χ2n) is 5.65. The summed E-state index contributed by atoms with van der Waals surface area (Å²) in [5.74, 6) is 0.132. The Hall–Kier alpha value is -1.72. The number of hydrogen-bond donors (Lipinski definition) is 1. The maximum absolute atomic E-state index is 11.8. The molecule has 1 N–H and O–H groups in total. The maximum Gasteiger partial charge on any atom is 0.220 e. The number of rotatable bonds is 4. The average Bonchev–Trinajstić information content (AvgIpc) is 3.07. The van der Waals surface area contributed by atoms with E-state index in [1.165, 1.54) is 5.56 Å². The first-order valence-corrected chi connectivity index (χ1v) is 8.62. The molecule has 1 atom stereocenters. The van der Waals surface area contributed by atoms with Gasteiger partial charge in [-0.05, 0) is 46.9 Å². The number of pyridine rings is 1. The Balaban J connectivity index is 1.66. The summed E-state index contributed by atoms with van der Waals surface area (Å²) in [5, 5.41) is 7.65. The number of nitrogens with one attached hydrogen (secondary N) is 1. The highest BCUT2D eigenvalue weighted by Crippen LogP contribution is 2.22. The lowest BCUT2D eigenvalue weighted by atomic mass is 10.0. The predicted octanol–water partition coefficient (Wildman–Crippen LogP) is 2.42. The van der Waals surface area contributed by atoms with Gasteiger partial charge in [0.1, 0.15) is 0 Å². The molecule has 2 aromatic heterocycles. The lowest BCUT2D eigenvalue weighted by Crippen LogP contribution is -2.47. The Morgan fingerprint density at radius 1 is 1.41 bits per heavy atom. The van der Waals surface area contributed by atoms with Crippen LogP contribution in [0.5, 0.6) is 0 Å². The van der Waals surface area contributed by atoms with Gasteiger partial charge in [0.15, 0.2) is 0 Å². The minimum Gasteiger partial charge on any atom is -0.333 e. The van der Waals surface area contributed by atoms with Crippen molar-refractivity contribution in [1.82, 2.24) is 15.2 Å². The quantitative estimate of drug-likeness (QED) is 0.942. The number of piperazine rings is 1. The van der Waals surface area contributed by atoms with Gasteiger partial charge in [-0.1, -0.05) is 6.07 Å². The van der Waals surface area contributed by atoms with Gasteiger partial charge in [0, 0.05) is 38.4 Å². The summed E-state index contributed by atoms with van der Waals surface area (Å²) in [6.45, 7) is 4.07. The molecule has 3 heterocycles. The fourth-order valence-electron chi connectivity index (χ4n) is 2.87. The smallest absolute Gasteiger partial charge is 0.220 e.